The number of fused-ring (bicyclic) bond motifs is 7. The second-order valence-corrected chi connectivity index (χ2v) is 16.1. The molecule has 210 valence electrons. The summed E-state index contributed by atoms with van der Waals surface area (Å²) in [4.78, 5) is 40.5. The smallest absolute Gasteiger partial charge is 0.312 e. The van der Waals surface area contributed by atoms with Crippen molar-refractivity contribution in [3.8, 4) is 0 Å². The molecule has 1 saturated heterocycles. The third-order valence-electron chi connectivity index (χ3n) is 13.4. The average molecular weight is 524 g/mol. The first-order valence-electron chi connectivity index (χ1n) is 15.4. The summed E-state index contributed by atoms with van der Waals surface area (Å²) in [6.07, 6.45) is 12.4. The van der Waals surface area contributed by atoms with E-state index in [9.17, 15) is 14.4 Å². The number of ketones is 1. The molecule has 38 heavy (non-hydrogen) atoms. The van der Waals surface area contributed by atoms with Crippen molar-refractivity contribution < 1.29 is 19.1 Å². The van der Waals surface area contributed by atoms with E-state index < -0.39 is 5.41 Å². The summed E-state index contributed by atoms with van der Waals surface area (Å²) in [6.45, 7) is 16.0. The number of amides is 1. The molecule has 8 atom stereocenters. The van der Waals surface area contributed by atoms with Crippen LogP contribution in [0, 0.1) is 44.8 Å². The van der Waals surface area contributed by atoms with E-state index in [4.69, 9.17) is 4.74 Å². The third kappa shape index (κ3) is 3.51. The average Bonchev–Trinajstić information content (AvgIpc) is 3.64. The van der Waals surface area contributed by atoms with Gasteiger partial charge in [0, 0.05) is 17.9 Å². The molecule has 0 aromatic heterocycles. The van der Waals surface area contributed by atoms with Crippen molar-refractivity contribution >= 4 is 17.7 Å². The van der Waals surface area contributed by atoms with Crippen LogP contribution in [0.3, 0.4) is 0 Å². The highest BCUT2D eigenvalue weighted by Gasteiger charge is 2.69. The molecule has 1 N–H and O–H groups in total. The standard InChI is InChI=1S/C33H49NO4/c1-28(2)24-10-13-33(7)26(31(24,5)12-11-25(36)34-28)23(35)18-21-22-19-30(4,27(37)38-20-8-9-20)15-14-29(22,3)16-17-32(21,33)6/h18,20,22,24,26H,8-17,19H2,1-7H3,(H,34,36)/t22-,24-,26+,29+,30-,31-,32+,33+/m0/s1. The predicted octanol–water partition coefficient (Wildman–Crippen LogP) is 6.54. The molecule has 1 amide bonds. The normalized spacial score (nSPS) is 49.8. The van der Waals surface area contributed by atoms with Crippen LogP contribution in [0.1, 0.15) is 119 Å². The molecule has 6 aliphatic rings. The number of rotatable bonds is 2. The number of esters is 1. The van der Waals surface area contributed by atoms with E-state index in [1.165, 1.54) is 5.57 Å². The lowest BCUT2D eigenvalue weighted by molar-refractivity contribution is -0.173. The molecule has 5 nitrogen and oxygen atoms in total. The van der Waals surface area contributed by atoms with Crippen molar-refractivity contribution in [3.05, 3.63) is 11.6 Å². The number of hydrogen-bond acceptors (Lipinski definition) is 4. The SMILES string of the molecule is CC1(C)NC(=O)CC[C@]2(C)[C@H]3C(=O)C=C4[C@@H]5C[C@@](C)(C(=O)OC6CC6)CC[C@]5(C)CC[C@@]4(C)[C@]3(C)CC[C@@H]12. The van der Waals surface area contributed by atoms with Crippen LogP contribution in [0.25, 0.3) is 0 Å². The molecular weight excluding hydrogens is 474 g/mol. The highest BCUT2D eigenvalue weighted by Crippen LogP contribution is 2.74. The fourth-order valence-corrected chi connectivity index (χ4v) is 10.6. The van der Waals surface area contributed by atoms with Crippen molar-refractivity contribution in [2.24, 2.45) is 44.8 Å². The van der Waals surface area contributed by atoms with Gasteiger partial charge in [-0.15, -0.1) is 0 Å². The summed E-state index contributed by atoms with van der Waals surface area (Å²) < 4.78 is 5.86. The van der Waals surface area contributed by atoms with Gasteiger partial charge in [0.15, 0.2) is 5.78 Å². The van der Waals surface area contributed by atoms with Crippen LogP contribution in [0.15, 0.2) is 11.6 Å². The number of carbonyl (C=O) groups excluding carboxylic acids is 3. The molecule has 1 heterocycles. The first-order chi connectivity index (χ1) is 17.6. The maximum absolute atomic E-state index is 14.5. The van der Waals surface area contributed by atoms with Crippen molar-refractivity contribution in [2.75, 3.05) is 0 Å². The molecule has 6 rings (SSSR count). The Balaban J connectivity index is 1.41. The minimum Gasteiger partial charge on any atom is -0.462 e. The summed E-state index contributed by atoms with van der Waals surface area (Å²) >= 11 is 0. The topological polar surface area (TPSA) is 72.5 Å². The van der Waals surface area contributed by atoms with E-state index in [1.54, 1.807) is 0 Å². The zero-order valence-corrected chi connectivity index (χ0v) is 24.8. The summed E-state index contributed by atoms with van der Waals surface area (Å²) in [5.74, 6) is 0.778. The second kappa shape index (κ2) is 7.97. The van der Waals surface area contributed by atoms with Crippen LogP contribution in [-0.4, -0.2) is 29.3 Å². The van der Waals surface area contributed by atoms with Crippen molar-refractivity contribution in [3.63, 3.8) is 0 Å². The summed E-state index contributed by atoms with van der Waals surface area (Å²) in [5, 5.41) is 3.30. The van der Waals surface area contributed by atoms with Crippen molar-refractivity contribution in [1.82, 2.24) is 5.32 Å². The molecule has 5 fully saturated rings. The van der Waals surface area contributed by atoms with Crippen LogP contribution in [0.2, 0.25) is 0 Å². The van der Waals surface area contributed by atoms with E-state index in [1.807, 2.05) is 0 Å². The van der Waals surface area contributed by atoms with Gasteiger partial charge in [-0.05, 0) is 125 Å². The van der Waals surface area contributed by atoms with E-state index in [0.717, 1.165) is 64.2 Å². The second-order valence-electron chi connectivity index (χ2n) is 16.1. The molecule has 0 aromatic carbocycles. The van der Waals surface area contributed by atoms with Gasteiger partial charge in [0.25, 0.3) is 0 Å². The Hall–Kier alpha value is -1.65. The van der Waals surface area contributed by atoms with Gasteiger partial charge < -0.3 is 10.1 Å². The Morgan fingerprint density at radius 1 is 0.895 bits per heavy atom. The first-order valence-corrected chi connectivity index (χ1v) is 15.4. The van der Waals surface area contributed by atoms with Gasteiger partial charge in [0.05, 0.1) is 5.41 Å². The van der Waals surface area contributed by atoms with E-state index in [2.05, 4.69) is 59.9 Å². The summed E-state index contributed by atoms with van der Waals surface area (Å²) in [7, 11) is 0. The number of hydrogen-bond donors (Lipinski definition) is 1. The zero-order chi connectivity index (χ0) is 27.5. The first kappa shape index (κ1) is 26.6. The highest BCUT2D eigenvalue weighted by atomic mass is 16.5. The molecule has 0 radical (unpaired) electrons. The minimum atomic E-state index is -0.479. The molecule has 4 saturated carbocycles. The van der Waals surface area contributed by atoms with Gasteiger partial charge in [-0.1, -0.05) is 33.3 Å². The largest absolute Gasteiger partial charge is 0.462 e. The fourth-order valence-electron chi connectivity index (χ4n) is 10.6. The fraction of sp³-hybridized carbons (Fsp3) is 0.848. The molecule has 1 aliphatic heterocycles. The maximum atomic E-state index is 14.5. The zero-order valence-electron chi connectivity index (χ0n) is 24.8. The van der Waals surface area contributed by atoms with E-state index in [0.29, 0.717) is 6.42 Å². The highest BCUT2D eigenvalue weighted by molar-refractivity contribution is 5.96. The lowest BCUT2D eigenvalue weighted by atomic mass is 9.35. The monoisotopic (exact) mass is 523 g/mol. The molecule has 0 unspecified atom stereocenters. The number of carbonyl (C=O) groups is 3. The van der Waals surface area contributed by atoms with Gasteiger partial charge in [-0.3, -0.25) is 14.4 Å². The molecule has 0 bridgehead atoms. The molecule has 5 aliphatic carbocycles. The van der Waals surface area contributed by atoms with Crippen LogP contribution < -0.4 is 5.32 Å². The Morgan fingerprint density at radius 3 is 2.26 bits per heavy atom. The van der Waals surface area contributed by atoms with Crippen molar-refractivity contribution in [1.29, 1.82) is 0 Å². The number of ether oxygens (including phenoxy) is 1. The molecule has 0 aromatic rings. The molecule has 0 spiro atoms. The van der Waals surface area contributed by atoms with Crippen LogP contribution in [0.4, 0.5) is 0 Å². The summed E-state index contributed by atoms with van der Waals surface area (Å²) in [6, 6.07) is 0. The Morgan fingerprint density at radius 2 is 1.58 bits per heavy atom. The van der Waals surface area contributed by atoms with Crippen molar-refractivity contribution in [2.45, 2.75) is 131 Å². The molecular formula is C33H49NO4. The third-order valence-corrected chi connectivity index (χ3v) is 13.4. The van der Waals surface area contributed by atoms with Crippen LogP contribution in [-0.2, 0) is 19.1 Å². The van der Waals surface area contributed by atoms with Gasteiger partial charge in [0.2, 0.25) is 5.91 Å². The van der Waals surface area contributed by atoms with Gasteiger partial charge >= 0.3 is 5.97 Å². The minimum absolute atomic E-state index is 0.0213. The van der Waals surface area contributed by atoms with Crippen LogP contribution in [0.5, 0.6) is 0 Å². The lowest BCUT2D eigenvalue weighted by Crippen LogP contribution is -2.66. The Kier molecular flexibility index (Phi) is 5.57. The number of nitrogens with one attached hydrogen (secondary N) is 1. The van der Waals surface area contributed by atoms with Crippen LogP contribution >= 0.6 is 0 Å². The quantitative estimate of drug-likeness (QED) is 0.417. The Bertz CT molecular complexity index is 1120. The van der Waals surface area contributed by atoms with Gasteiger partial charge in [-0.2, -0.15) is 0 Å². The number of allylic oxidation sites excluding steroid dienone is 2. The Labute approximate surface area is 229 Å². The maximum Gasteiger partial charge on any atom is 0.312 e. The summed E-state index contributed by atoms with van der Waals surface area (Å²) in [5.41, 5.74) is 0.164. The van der Waals surface area contributed by atoms with E-state index in [-0.39, 0.29) is 68.7 Å². The van der Waals surface area contributed by atoms with Gasteiger partial charge in [0.1, 0.15) is 6.10 Å². The predicted molar refractivity (Wildman–Crippen MR) is 147 cm³/mol. The lowest BCUT2D eigenvalue weighted by Gasteiger charge is -2.69. The van der Waals surface area contributed by atoms with E-state index >= 15 is 0 Å². The molecule has 5 heteroatoms. The van der Waals surface area contributed by atoms with Gasteiger partial charge in [-0.25, -0.2) is 0 Å².